The normalized spacial score (nSPS) is 14.3. The minimum atomic E-state index is 0.183. The molecule has 0 radical (unpaired) electrons. The Morgan fingerprint density at radius 1 is 1.07 bits per heavy atom. The van der Waals surface area contributed by atoms with Gasteiger partial charge in [0.1, 0.15) is 21.7 Å². The van der Waals surface area contributed by atoms with Gasteiger partial charge in [0.05, 0.1) is 20.6 Å². The molecule has 1 aromatic heterocycles. The van der Waals surface area contributed by atoms with Crippen molar-refractivity contribution in [2.24, 2.45) is 0 Å². The number of rotatable bonds is 5. The number of carbonyl (C=O) groups is 1. The van der Waals surface area contributed by atoms with Gasteiger partial charge in [-0.25, -0.2) is 4.98 Å². The van der Waals surface area contributed by atoms with Gasteiger partial charge >= 0.3 is 0 Å². The smallest absolute Gasteiger partial charge is 0.227 e. The Balaban J connectivity index is 1.45. The third kappa shape index (κ3) is 4.00. The molecule has 3 aromatic rings. The lowest BCUT2D eigenvalue weighted by molar-refractivity contribution is -0.130. The van der Waals surface area contributed by atoms with E-state index in [1.807, 2.05) is 29.2 Å². The van der Waals surface area contributed by atoms with Crippen LogP contribution >= 0.6 is 11.3 Å². The first-order chi connectivity index (χ1) is 14.1. The molecule has 1 saturated heterocycles. The van der Waals surface area contributed by atoms with Gasteiger partial charge in [0, 0.05) is 26.2 Å². The molecule has 1 amide bonds. The molecule has 2 heterocycles. The number of nitrogens with zero attached hydrogens (tertiary/aromatic N) is 3. The highest BCUT2D eigenvalue weighted by Gasteiger charge is 2.24. The van der Waals surface area contributed by atoms with Crippen LogP contribution in [0.5, 0.6) is 11.5 Å². The number of piperazine rings is 1. The first kappa shape index (κ1) is 19.5. The Morgan fingerprint density at radius 3 is 2.48 bits per heavy atom. The monoisotopic (exact) mass is 411 g/mol. The molecule has 0 atom stereocenters. The fraction of sp³-hybridized carbons (Fsp3) is 0.364. The van der Waals surface area contributed by atoms with Crippen molar-refractivity contribution in [1.29, 1.82) is 0 Å². The Morgan fingerprint density at radius 2 is 1.79 bits per heavy atom. The summed E-state index contributed by atoms with van der Waals surface area (Å²) < 4.78 is 11.9. The summed E-state index contributed by atoms with van der Waals surface area (Å²) in [6.07, 6.45) is 0.456. The van der Waals surface area contributed by atoms with Crippen LogP contribution in [0.15, 0.2) is 36.4 Å². The molecule has 0 N–H and O–H groups in total. The summed E-state index contributed by atoms with van der Waals surface area (Å²) in [5.74, 6) is 1.73. The predicted molar refractivity (Wildman–Crippen MR) is 116 cm³/mol. The molecular formula is C22H25N3O3S. The molecule has 1 fully saturated rings. The van der Waals surface area contributed by atoms with Crippen molar-refractivity contribution in [3.8, 4) is 11.5 Å². The van der Waals surface area contributed by atoms with Crippen molar-refractivity contribution in [2.75, 3.05) is 45.3 Å². The van der Waals surface area contributed by atoms with Crippen molar-refractivity contribution in [1.82, 2.24) is 9.88 Å². The van der Waals surface area contributed by atoms with E-state index in [0.29, 0.717) is 19.5 Å². The molecule has 0 bridgehead atoms. The lowest BCUT2D eigenvalue weighted by Crippen LogP contribution is -2.49. The lowest BCUT2D eigenvalue weighted by Gasteiger charge is -2.34. The molecular weight excluding hydrogens is 386 g/mol. The minimum Gasteiger partial charge on any atom is -0.495 e. The maximum absolute atomic E-state index is 12.7. The largest absolute Gasteiger partial charge is 0.495 e. The fourth-order valence-electron chi connectivity index (χ4n) is 3.67. The van der Waals surface area contributed by atoms with Crippen molar-refractivity contribution < 1.29 is 14.3 Å². The van der Waals surface area contributed by atoms with E-state index in [1.54, 1.807) is 25.6 Å². The van der Waals surface area contributed by atoms with Crippen LogP contribution in [0.2, 0.25) is 0 Å². The predicted octanol–water partition coefficient (Wildman–Crippen LogP) is 3.51. The number of aryl methyl sites for hydroxylation is 1. The molecule has 7 heteroatoms. The second-order valence-corrected chi connectivity index (χ2v) is 8.16. The maximum atomic E-state index is 12.7. The Labute approximate surface area is 174 Å². The van der Waals surface area contributed by atoms with E-state index in [2.05, 4.69) is 24.0 Å². The second-order valence-electron chi connectivity index (χ2n) is 7.18. The number of hydrogen-bond donors (Lipinski definition) is 0. The SMILES string of the molecule is COc1ccc(OC)c2sc(N3CCN(C(=O)Cc4cccc(C)c4)CC3)nc12. The number of ether oxygens (including phenoxy) is 2. The van der Waals surface area contributed by atoms with Crippen LogP contribution in [0.1, 0.15) is 11.1 Å². The number of methoxy groups -OCH3 is 2. The number of anilines is 1. The topological polar surface area (TPSA) is 54.9 Å². The summed E-state index contributed by atoms with van der Waals surface area (Å²) in [6, 6.07) is 11.9. The van der Waals surface area contributed by atoms with Crippen LogP contribution < -0.4 is 14.4 Å². The summed E-state index contributed by atoms with van der Waals surface area (Å²) in [5.41, 5.74) is 3.08. The molecule has 0 aliphatic carbocycles. The van der Waals surface area contributed by atoms with Gasteiger partial charge in [0.15, 0.2) is 5.13 Å². The van der Waals surface area contributed by atoms with E-state index < -0.39 is 0 Å². The van der Waals surface area contributed by atoms with Gasteiger partial charge in [-0.05, 0) is 24.6 Å². The third-order valence-electron chi connectivity index (χ3n) is 5.24. The average molecular weight is 412 g/mol. The third-order valence-corrected chi connectivity index (χ3v) is 6.37. The van der Waals surface area contributed by atoms with Gasteiger partial charge in [-0.3, -0.25) is 4.79 Å². The number of thiazole rings is 1. The first-order valence-electron chi connectivity index (χ1n) is 9.69. The van der Waals surface area contributed by atoms with E-state index >= 15 is 0 Å². The second kappa shape index (κ2) is 8.29. The van der Waals surface area contributed by atoms with E-state index in [0.717, 1.165) is 45.5 Å². The van der Waals surface area contributed by atoms with Crippen molar-refractivity contribution in [3.63, 3.8) is 0 Å². The van der Waals surface area contributed by atoms with Crippen molar-refractivity contribution in [2.45, 2.75) is 13.3 Å². The zero-order valence-electron chi connectivity index (χ0n) is 17.0. The molecule has 0 spiro atoms. The van der Waals surface area contributed by atoms with Crippen LogP contribution in [0.25, 0.3) is 10.2 Å². The van der Waals surface area contributed by atoms with Gasteiger partial charge in [-0.1, -0.05) is 41.2 Å². The van der Waals surface area contributed by atoms with E-state index in [4.69, 9.17) is 14.5 Å². The van der Waals surface area contributed by atoms with Gasteiger partial charge in [-0.2, -0.15) is 0 Å². The van der Waals surface area contributed by atoms with Crippen LogP contribution in [0.3, 0.4) is 0 Å². The Hall–Kier alpha value is -2.80. The molecule has 1 aliphatic heterocycles. The maximum Gasteiger partial charge on any atom is 0.227 e. The highest BCUT2D eigenvalue weighted by Crippen LogP contribution is 2.40. The van der Waals surface area contributed by atoms with Gasteiger partial charge in [0.25, 0.3) is 0 Å². The summed E-state index contributed by atoms with van der Waals surface area (Å²) in [4.78, 5) is 21.7. The molecule has 4 rings (SSSR count). The molecule has 1 aliphatic rings. The van der Waals surface area contributed by atoms with Crippen LogP contribution in [-0.4, -0.2) is 56.2 Å². The van der Waals surface area contributed by atoms with E-state index in [-0.39, 0.29) is 5.91 Å². The van der Waals surface area contributed by atoms with Crippen molar-refractivity contribution in [3.05, 3.63) is 47.5 Å². The molecule has 0 saturated carbocycles. The number of hydrogen-bond acceptors (Lipinski definition) is 6. The highest BCUT2D eigenvalue weighted by molar-refractivity contribution is 7.22. The lowest BCUT2D eigenvalue weighted by atomic mass is 10.1. The number of benzene rings is 2. The van der Waals surface area contributed by atoms with Gasteiger partial charge in [-0.15, -0.1) is 0 Å². The van der Waals surface area contributed by atoms with E-state index in [9.17, 15) is 4.79 Å². The minimum absolute atomic E-state index is 0.183. The quantitative estimate of drug-likeness (QED) is 0.643. The molecule has 2 aromatic carbocycles. The zero-order chi connectivity index (χ0) is 20.4. The number of carbonyl (C=O) groups excluding carboxylic acids is 1. The number of aromatic nitrogens is 1. The van der Waals surface area contributed by atoms with Crippen LogP contribution in [-0.2, 0) is 11.2 Å². The van der Waals surface area contributed by atoms with Gasteiger partial charge < -0.3 is 19.3 Å². The molecule has 6 nitrogen and oxygen atoms in total. The first-order valence-corrected chi connectivity index (χ1v) is 10.5. The van der Waals surface area contributed by atoms with E-state index in [1.165, 1.54) is 5.56 Å². The zero-order valence-corrected chi connectivity index (χ0v) is 17.8. The number of fused-ring (bicyclic) bond motifs is 1. The fourth-order valence-corrected chi connectivity index (χ4v) is 4.79. The Kier molecular flexibility index (Phi) is 5.58. The Bertz CT molecular complexity index is 984. The van der Waals surface area contributed by atoms with Crippen LogP contribution in [0.4, 0.5) is 5.13 Å². The molecule has 152 valence electrons. The number of amides is 1. The van der Waals surface area contributed by atoms with Crippen molar-refractivity contribution >= 4 is 32.6 Å². The summed E-state index contributed by atoms with van der Waals surface area (Å²) >= 11 is 1.60. The molecule has 0 unspecified atom stereocenters. The summed E-state index contributed by atoms with van der Waals surface area (Å²) in [5, 5.41) is 0.939. The summed E-state index contributed by atoms with van der Waals surface area (Å²) in [7, 11) is 3.32. The standard InChI is InChI=1S/C22H25N3O3S/c1-15-5-4-6-16(13-15)14-19(26)24-9-11-25(12-10-24)22-23-20-17(27-2)7-8-18(28-3)21(20)29-22/h4-8,13H,9-12,14H2,1-3H3. The summed E-state index contributed by atoms with van der Waals surface area (Å²) in [6.45, 7) is 4.99. The van der Waals surface area contributed by atoms with Crippen LogP contribution in [0, 0.1) is 6.92 Å². The average Bonchev–Trinajstić information content (AvgIpc) is 3.18. The van der Waals surface area contributed by atoms with Gasteiger partial charge in [0.2, 0.25) is 5.91 Å². The highest BCUT2D eigenvalue weighted by atomic mass is 32.1. The molecule has 29 heavy (non-hydrogen) atoms.